The maximum Gasteiger partial charge on any atom is 0.227 e. The lowest BCUT2D eigenvalue weighted by Crippen LogP contribution is -2.39. The van der Waals surface area contributed by atoms with Crippen LogP contribution >= 0.6 is 0 Å². The van der Waals surface area contributed by atoms with Crippen LogP contribution in [0.4, 0.5) is 10.2 Å². The van der Waals surface area contributed by atoms with Gasteiger partial charge in [0.05, 0.1) is 6.42 Å². The number of halogens is 1. The molecular formula is C25H25FN4O2. The Hall–Kier alpha value is -3.48. The van der Waals surface area contributed by atoms with E-state index in [-0.39, 0.29) is 30.1 Å². The number of nitrogens with one attached hydrogen (secondary N) is 1. The Bertz CT molecular complexity index is 1210. The van der Waals surface area contributed by atoms with Gasteiger partial charge in [-0.15, -0.1) is 0 Å². The van der Waals surface area contributed by atoms with E-state index in [0.29, 0.717) is 24.5 Å². The van der Waals surface area contributed by atoms with E-state index < -0.39 is 0 Å². The number of aromatic amines is 1. The molecule has 7 heteroatoms. The highest BCUT2D eigenvalue weighted by atomic mass is 19.1. The predicted molar refractivity (Wildman–Crippen MR) is 121 cm³/mol. The van der Waals surface area contributed by atoms with Gasteiger partial charge in [-0.1, -0.05) is 25.1 Å². The first-order valence-electron chi connectivity index (χ1n) is 11.0. The topological polar surface area (TPSA) is 69.3 Å². The summed E-state index contributed by atoms with van der Waals surface area (Å²) in [6.07, 6.45) is 7.00. The summed E-state index contributed by atoms with van der Waals surface area (Å²) in [7, 11) is 0. The van der Waals surface area contributed by atoms with E-state index in [1.54, 1.807) is 17.0 Å². The molecule has 3 aromatic rings. The van der Waals surface area contributed by atoms with Crippen LogP contribution in [-0.2, 0) is 16.0 Å². The van der Waals surface area contributed by atoms with E-state index in [1.165, 1.54) is 12.1 Å². The molecule has 0 radical (unpaired) electrons. The van der Waals surface area contributed by atoms with Crippen molar-refractivity contribution in [2.75, 3.05) is 18.0 Å². The minimum atomic E-state index is -0.330. The molecule has 1 aliphatic heterocycles. The number of benzene rings is 1. The van der Waals surface area contributed by atoms with E-state index in [4.69, 9.17) is 0 Å². The number of pyridine rings is 1. The molecule has 2 aromatic heterocycles. The van der Waals surface area contributed by atoms with Crippen LogP contribution in [0.5, 0.6) is 0 Å². The highest BCUT2D eigenvalue weighted by molar-refractivity contribution is 5.94. The van der Waals surface area contributed by atoms with Crippen molar-refractivity contribution in [2.24, 2.45) is 5.92 Å². The molecule has 1 N–H and O–H groups in total. The van der Waals surface area contributed by atoms with E-state index >= 15 is 0 Å². The van der Waals surface area contributed by atoms with Crippen molar-refractivity contribution in [1.82, 2.24) is 14.9 Å². The number of anilines is 1. The Balaban J connectivity index is 1.42. The van der Waals surface area contributed by atoms with Gasteiger partial charge in [-0.3, -0.25) is 14.5 Å². The van der Waals surface area contributed by atoms with Crippen LogP contribution in [0.25, 0.3) is 16.6 Å². The molecule has 5 rings (SSSR count). The van der Waals surface area contributed by atoms with Crippen LogP contribution in [0, 0.1) is 11.7 Å². The number of nitrogens with zero attached hydrogens (tertiary/aromatic N) is 3. The third kappa shape index (κ3) is 3.90. The summed E-state index contributed by atoms with van der Waals surface area (Å²) in [6, 6.07) is 10.4. The van der Waals surface area contributed by atoms with Crippen molar-refractivity contribution in [2.45, 2.75) is 32.2 Å². The van der Waals surface area contributed by atoms with Gasteiger partial charge < -0.3 is 9.88 Å². The van der Waals surface area contributed by atoms with Crippen molar-refractivity contribution in [1.29, 1.82) is 0 Å². The zero-order chi connectivity index (χ0) is 22.2. The number of amides is 2. The maximum atomic E-state index is 13.5. The molecule has 2 aliphatic rings. The van der Waals surface area contributed by atoms with Crippen LogP contribution < -0.4 is 4.90 Å². The average Bonchev–Trinajstić information content (AvgIpc) is 3.49. The van der Waals surface area contributed by atoms with Gasteiger partial charge in [-0.25, -0.2) is 9.37 Å². The first-order chi connectivity index (χ1) is 15.5. The number of H-pyrrole nitrogens is 1. The SMILES string of the molecule is CC1CN(C(=O)Cc2cccc(F)c2)CC=C1c1cc(N(C=O)C2CC2)nc2[nH]ccc12. The van der Waals surface area contributed by atoms with Crippen LogP contribution in [-0.4, -0.2) is 46.3 Å². The van der Waals surface area contributed by atoms with Crippen LogP contribution in [0.15, 0.2) is 48.7 Å². The van der Waals surface area contributed by atoms with Gasteiger partial charge in [0.1, 0.15) is 17.3 Å². The minimum absolute atomic E-state index is 0.0131. The summed E-state index contributed by atoms with van der Waals surface area (Å²) in [4.78, 5) is 35.9. The molecule has 6 nitrogen and oxygen atoms in total. The summed E-state index contributed by atoms with van der Waals surface area (Å²) >= 11 is 0. The second kappa shape index (κ2) is 8.22. The summed E-state index contributed by atoms with van der Waals surface area (Å²) in [5.41, 5.74) is 3.63. The second-order valence-electron chi connectivity index (χ2n) is 8.68. The Kier molecular flexibility index (Phi) is 5.25. The molecule has 1 unspecified atom stereocenters. The molecule has 2 amide bonds. The first kappa shape index (κ1) is 20.4. The molecule has 1 aliphatic carbocycles. The highest BCUT2D eigenvalue weighted by Crippen LogP contribution is 2.36. The Morgan fingerprint density at radius 1 is 1.31 bits per heavy atom. The smallest absolute Gasteiger partial charge is 0.227 e. The van der Waals surface area contributed by atoms with Gasteiger partial charge in [0.2, 0.25) is 12.3 Å². The molecule has 1 fully saturated rings. The van der Waals surface area contributed by atoms with Gasteiger partial charge in [-0.05, 0) is 59.7 Å². The van der Waals surface area contributed by atoms with Gasteiger partial charge in [0, 0.05) is 30.7 Å². The number of rotatable bonds is 6. The maximum absolute atomic E-state index is 13.5. The monoisotopic (exact) mass is 432 g/mol. The normalized spacial score (nSPS) is 18.5. The van der Waals surface area contributed by atoms with Gasteiger partial charge in [0.15, 0.2) is 0 Å². The van der Waals surface area contributed by atoms with Crippen molar-refractivity contribution in [3.63, 3.8) is 0 Å². The number of hydrogen-bond acceptors (Lipinski definition) is 3. The Morgan fingerprint density at radius 2 is 2.16 bits per heavy atom. The highest BCUT2D eigenvalue weighted by Gasteiger charge is 2.31. The number of carbonyl (C=O) groups is 2. The van der Waals surface area contributed by atoms with Crippen molar-refractivity contribution in [3.05, 3.63) is 65.6 Å². The molecule has 1 aromatic carbocycles. The van der Waals surface area contributed by atoms with E-state index in [9.17, 15) is 14.0 Å². The van der Waals surface area contributed by atoms with Gasteiger partial charge >= 0.3 is 0 Å². The summed E-state index contributed by atoms with van der Waals surface area (Å²) in [5.74, 6) is 0.425. The fraction of sp³-hybridized carbons (Fsp3) is 0.320. The number of hydrogen-bond donors (Lipinski definition) is 1. The third-order valence-corrected chi connectivity index (χ3v) is 6.30. The Labute approximate surface area is 185 Å². The molecule has 1 saturated carbocycles. The van der Waals surface area contributed by atoms with Crippen LogP contribution in [0.1, 0.15) is 30.9 Å². The number of carbonyl (C=O) groups excluding carboxylic acids is 2. The van der Waals surface area contributed by atoms with Crippen molar-refractivity contribution >= 4 is 34.7 Å². The minimum Gasteiger partial charge on any atom is -0.346 e. The molecule has 0 bridgehead atoms. The first-order valence-corrected chi connectivity index (χ1v) is 11.0. The zero-order valence-corrected chi connectivity index (χ0v) is 17.9. The van der Waals surface area contributed by atoms with Crippen LogP contribution in [0.2, 0.25) is 0 Å². The van der Waals surface area contributed by atoms with Crippen molar-refractivity contribution < 1.29 is 14.0 Å². The molecule has 3 heterocycles. The standard InChI is InChI=1S/C25H25FN4O2/c1-16-14-29(24(32)12-17-3-2-4-18(26)11-17)10-8-20(16)22-13-23(30(15-31)19-5-6-19)28-25-21(22)7-9-27-25/h2-4,7-9,11,13,15-16,19H,5-6,10,12,14H2,1H3,(H,27,28). The predicted octanol–water partition coefficient (Wildman–Crippen LogP) is 3.93. The average molecular weight is 432 g/mol. The third-order valence-electron chi connectivity index (χ3n) is 6.30. The van der Waals surface area contributed by atoms with Gasteiger partial charge in [-0.2, -0.15) is 0 Å². The van der Waals surface area contributed by atoms with E-state index in [2.05, 4.69) is 23.0 Å². The molecule has 0 saturated heterocycles. The number of fused-ring (bicyclic) bond motifs is 1. The van der Waals surface area contributed by atoms with E-state index in [1.807, 2.05) is 23.2 Å². The quantitative estimate of drug-likeness (QED) is 0.600. The van der Waals surface area contributed by atoms with E-state index in [0.717, 1.165) is 41.4 Å². The largest absolute Gasteiger partial charge is 0.346 e. The fourth-order valence-corrected chi connectivity index (χ4v) is 4.50. The zero-order valence-electron chi connectivity index (χ0n) is 17.9. The molecule has 164 valence electrons. The lowest BCUT2D eigenvalue weighted by molar-refractivity contribution is -0.130. The summed E-state index contributed by atoms with van der Waals surface area (Å²) in [6.45, 7) is 3.19. The Morgan fingerprint density at radius 3 is 2.88 bits per heavy atom. The summed E-state index contributed by atoms with van der Waals surface area (Å²) < 4.78 is 13.5. The fourth-order valence-electron chi connectivity index (χ4n) is 4.50. The lowest BCUT2D eigenvalue weighted by Gasteiger charge is -2.32. The molecular weight excluding hydrogens is 407 g/mol. The second-order valence-corrected chi connectivity index (χ2v) is 8.68. The van der Waals surface area contributed by atoms with Gasteiger partial charge in [0.25, 0.3) is 0 Å². The van der Waals surface area contributed by atoms with Crippen molar-refractivity contribution in [3.8, 4) is 0 Å². The number of aromatic nitrogens is 2. The molecule has 0 spiro atoms. The van der Waals surface area contributed by atoms with Crippen LogP contribution in [0.3, 0.4) is 0 Å². The lowest BCUT2D eigenvalue weighted by atomic mass is 9.89. The molecule has 1 atom stereocenters. The molecule has 32 heavy (non-hydrogen) atoms. The summed E-state index contributed by atoms with van der Waals surface area (Å²) in [5, 5.41) is 1.01.